The van der Waals surface area contributed by atoms with Crippen molar-refractivity contribution in [1.29, 1.82) is 0 Å². The highest BCUT2D eigenvalue weighted by Crippen LogP contribution is 2.22. The quantitative estimate of drug-likeness (QED) is 0.609. The van der Waals surface area contributed by atoms with E-state index >= 15 is 0 Å². The lowest BCUT2D eigenvalue weighted by Crippen LogP contribution is -2.13. The molecule has 2 aromatic rings. The van der Waals surface area contributed by atoms with Gasteiger partial charge >= 0.3 is 0 Å². The summed E-state index contributed by atoms with van der Waals surface area (Å²) in [5.74, 6) is 0. The van der Waals surface area contributed by atoms with Crippen molar-refractivity contribution in [3.8, 4) is 0 Å². The topological polar surface area (TPSA) is 72.2 Å². The Labute approximate surface area is 132 Å². The van der Waals surface area contributed by atoms with Crippen LogP contribution >= 0.6 is 22.6 Å². The number of sulfonamides is 1. The van der Waals surface area contributed by atoms with E-state index in [-0.39, 0.29) is 4.90 Å². The van der Waals surface area contributed by atoms with Crippen LogP contribution in [-0.4, -0.2) is 8.42 Å². The molecular weight excluding hydrogens is 387 g/mol. The molecule has 0 spiro atoms. The highest BCUT2D eigenvalue weighted by atomic mass is 127. The summed E-state index contributed by atoms with van der Waals surface area (Å²) in [5, 5.41) is 0. The molecule has 0 saturated carbocycles. The molecule has 0 radical (unpaired) electrons. The zero-order valence-electron chi connectivity index (χ0n) is 10.9. The molecule has 106 valence electrons. The molecule has 0 atom stereocenters. The molecule has 0 heterocycles. The third-order valence-corrected chi connectivity index (χ3v) is 4.94. The number of anilines is 2. The van der Waals surface area contributed by atoms with Crippen molar-refractivity contribution >= 4 is 44.0 Å². The molecule has 0 saturated heterocycles. The summed E-state index contributed by atoms with van der Waals surface area (Å²) in [5.41, 5.74) is 7.83. The van der Waals surface area contributed by atoms with E-state index < -0.39 is 10.0 Å². The van der Waals surface area contributed by atoms with Gasteiger partial charge in [-0.05, 0) is 64.9 Å². The monoisotopic (exact) mass is 402 g/mol. The SMILES string of the molecule is CCc1ccc(S(=O)(=O)Nc2cccc(I)c2)cc1N. The maximum atomic E-state index is 12.3. The number of benzene rings is 2. The van der Waals surface area contributed by atoms with Crippen LogP contribution < -0.4 is 10.5 Å². The first-order valence-electron chi connectivity index (χ1n) is 6.09. The average molecular weight is 402 g/mol. The minimum Gasteiger partial charge on any atom is -0.398 e. The van der Waals surface area contributed by atoms with Crippen LogP contribution in [0.2, 0.25) is 0 Å². The van der Waals surface area contributed by atoms with Crippen molar-refractivity contribution in [2.75, 3.05) is 10.5 Å². The third-order valence-electron chi connectivity index (χ3n) is 2.89. The van der Waals surface area contributed by atoms with Gasteiger partial charge in [-0.2, -0.15) is 0 Å². The Morgan fingerprint density at radius 1 is 1.20 bits per heavy atom. The molecular formula is C14H15IN2O2S. The summed E-state index contributed by atoms with van der Waals surface area (Å²) >= 11 is 2.13. The summed E-state index contributed by atoms with van der Waals surface area (Å²) in [6.07, 6.45) is 0.774. The van der Waals surface area contributed by atoms with Crippen molar-refractivity contribution < 1.29 is 8.42 Å². The van der Waals surface area contributed by atoms with Crippen molar-refractivity contribution in [2.24, 2.45) is 0 Å². The van der Waals surface area contributed by atoms with E-state index in [1.165, 1.54) is 6.07 Å². The van der Waals surface area contributed by atoms with E-state index in [2.05, 4.69) is 27.3 Å². The van der Waals surface area contributed by atoms with Gasteiger partial charge in [0.25, 0.3) is 10.0 Å². The lowest BCUT2D eigenvalue weighted by molar-refractivity contribution is 0.601. The normalized spacial score (nSPS) is 11.3. The number of aryl methyl sites for hydroxylation is 1. The number of hydrogen-bond donors (Lipinski definition) is 2. The number of hydrogen-bond acceptors (Lipinski definition) is 3. The second-order valence-corrected chi connectivity index (χ2v) is 7.26. The van der Waals surface area contributed by atoms with Crippen molar-refractivity contribution in [1.82, 2.24) is 0 Å². The van der Waals surface area contributed by atoms with Crippen molar-refractivity contribution in [3.63, 3.8) is 0 Å². The number of rotatable bonds is 4. The van der Waals surface area contributed by atoms with Gasteiger partial charge in [-0.3, -0.25) is 4.72 Å². The first-order chi connectivity index (χ1) is 9.42. The molecule has 0 aliphatic heterocycles. The van der Waals surface area contributed by atoms with Crippen LogP contribution in [0.3, 0.4) is 0 Å². The Balaban J connectivity index is 2.33. The fourth-order valence-electron chi connectivity index (χ4n) is 1.83. The fraction of sp³-hybridized carbons (Fsp3) is 0.143. The Bertz CT molecular complexity index is 730. The van der Waals surface area contributed by atoms with Gasteiger partial charge in [0.05, 0.1) is 4.90 Å². The molecule has 0 fully saturated rings. The molecule has 0 amide bonds. The van der Waals surface area contributed by atoms with Crippen LogP contribution in [0.15, 0.2) is 47.4 Å². The van der Waals surface area contributed by atoms with Crippen LogP contribution in [0, 0.1) is 3.57 Å². The van der Waals surface area contributed by atoms with E-state index in [1.54, 1.807) is 30.3 Å². The molecule has 6 heteroatoms. The molecule has 4 nitrogen and oxygen atoms in total. The molecule has 0 bridgehead atoms. The van der Waals surface area contributed by atoms with E-state index in [9.17, 15) is 8.42 Å². The van der Waals surface area contributed by atoms with E-state index in [4.69, 9.17) is 5.73 Å². The van der Waals surface area contributed by atoms with E-state index in [0.29, 0.717) is 11.4 Å². The van der Waals surface area contributed by atoms with Crippen LogP contribution in [-0.2, 0) is 16.4 Å². The van der Waals surface area contributed by atoms with Gasteiger partial charge in [0.15, 0.2) is 0 Å². The van der Waals surface area contributed by atoms with Gasteiger partial charge < -0.3 is 5.73 Å². The molecule has 0 aromatic heterocycles. The third kappa shape index (κ3) is 3.43. The van der Waals surface area contributed by atoms with Gasteiger partial charge in [0.2, 0.25) is 0 Å². The number of nitrogens with two attached hydrogens (primary N) is 1. The summed E-state index contributed by atoms with van der Waals surface area (Å²) in [7, 11) is -3.61. The standard InChI is InChI=1S/C14H15IN2O2S/c1-2-10-6-7-13(9-14(10)16)20(18,19)17-12-5-3-4-11(15)8-12/h3-9,17H,2,16H2,1H3. The van der Waals surface area contributed by atoms with Gasteiger partial charge in [0.1, 0.15) is 0 Å². The summed E-state index contributed by atoms with van der Waals surface area (Å²) < 4.78 is 28.1. The zero-order chi connectivity index (χ0) is 14.8. The zero-order valence-corrected chi connectivity index (χ0v) is 13.9. The number of nitrogens with one attached hydrogen (secondary N) is 1. The van der Waals surface area contributed by atoms with Crippen LogP contribution in [0.1, 0.15) is 12.5 Å². The van der Waals surface area contributed by atoms with E-state index in [1.807, 2.05) is 13.0 Å². The van der Waals surface area contributed by atoms with Crippen LogP contribution in [0.25, 0.3) is 0 Å². The minimum atomic E-state index is -3.61. The van der Waals surface area contributed by atoms with Crippen LogP contribution in [0.4, 0.5) is 11.4 Å². The Kier molecular flexibility index (Phi) is 4.54. The maximum Gasteiger partial charge on any atom is 0.261 e. The Hall–Kier alpha value is -1.28. The van der Waals surface area contributed by atoms with Crippen LogP contribution in [0.5, 0.6) is 0 Å². The summed E-state index contributed by atoms with van der Waals surface area (Å²) in [4.78, 5) is 0.172. The Morgan fingerprint density at radius 3 is 2.55 bits per heavy atom. The van der Waals surface area contributed by atoms with Gasteiger partial charge in [-0.1, -0.05) is 19.1 Å². The molecule has 20 heavy (non-hydrogen) atoms. The highest BCUT2D eigenvalue weighted by Gasteiger charge is 2.15. The molecule has 3 N–H and O–H groups in total. The predicted molar refractivity (Wildman–Crippen MR) is 90.2 cm³/mol. The largest absolute Gasteiger partial charge is 0.398 e. The summed E-state index contributed by atoms with van der Waals surface area (Å²) in [6.45, 7) is 1.98. The lowest BCUT2D eigenvalue weighted by atomic mass is 10.1. The van der Waals surface area contributed by atoms with E-state index in [0.717, 1.165) is 15.6 Å². The molecule has 2 aromatic carbocycles. The molecule has 0 aliphatic rings. The van der Waals surface area contributed by atoms with Gasteiger partial charge in [-0.15, -0.1) is 0 Å². The molecule has 2 rings (SSSR count). The number of nitrogen functional groups attached to an aromatic ring is 1. The molecule has 0 unspecified atom stereocenters. The fourth-order valence-corrected chi connectivity index (χ4v) is 3.46. The first-order valence-corrected chi connectivity index (χ1v) is 8.65. The van der Waals surface area contributed by atoms with Crippen molar-refractivity contribution in [3.05, 3.63) is 51.6 Å². The minimum absolute atomic E-state index is 0.172. The maximum absolute atomic E-state index is 12.3. The Morgan fingerprint density at radius 2 is 1.95 bits per heavy atom. The highest BCUT2D eigenvalue weighted by molar-refractivity contribution is 14.1. The van der Waals surface area contributed by atoms with Crippen molar-refractivity contribution in [2.45, 2.75) is 18.2 Å². The summed E-state index contributed by atoms with van der Waals surface area (Å²) in [6, 6.07) is 12.0. The second kappa shape index (κ2) is 6.01. The smallest absolute Gasteiger partial charge is 0.261 e. The predicted octanol–water partition coefficient (Wildman–Crippen LogP) is 3.24. The lowest BCUT2D eigenvalue weighted by Gasteiger charge is -2.10. The second-order valence-electron chi connectivity index (χ2n) is 4.33. The van der Waals surface area contributed by atoms with Gasteiger partial charge in [0, 0.05) is 14.9 Å². The number of halogens is 1. The first kappa shape index (κ1) is 15.1. The molecule has 0 aliphatic carbocycles. The van der Waals surface area contributed by atoms with Gasteiger partial charge in [-0.25, -0.2) is 8.42 Å². The average Bonchev–Trinajstić information content (AvgIpc) is 2.38.